The summed E-state index contributed by atoms with van der Waals surface area (Å²) in [6.07, 6.45) is 3.91. The van der Waals surface area contributed by atoms with Gasteiger partial charge in [-0.2, -0.15) is 0 Å². The highest BCUT2D eigenvalue weighted by atomic mass is 32.2. The SMILES string of the molecule is CCc1ccc(C(NC(=O)CCS(=O)(=O)c2ccc3c(c2)CCC3)c2cccs2)cc1. The fourth-order valence-electron chi connectivity index (χ4n) is 4.04. The van der Waals surface area contributed by atoms with Crippen molar-refractivity contribution in [3.05, 3.63) is 87.1 Å². The van der Waals surface area contributed by atoms with Crippen LogP contribution < -0.4 is 5.32 Å². The Morgan fingerprint density at radius 3 is 2.55 bits per heavy atom. The van der Waals surface area contributed by atoms with E-state index in [1.165, 1.54) is 11.1 Å². The Hall–Kier alpha value is -2.44. The Morgan fingerprint density at radius 2 is 1.84 bits per heavy atom. The van der Waals surface area contributed by atoms with E-state index >= 15 is 0 Å². The van der Waals surface area contributed by atoms with Crippen molar-refractivity contribution in [1.29, 1.82) is 0 Å². The molecule has 0 radical (unpaired) electrons. The van der Waals surface area contributed by atoms with E-state index < -0.39 is 9.84 Å². The smallest absolute Gasteiger partial charge is 0.221 e. The largest absolute Gasteiger partial charge is 0.344 e. The Kier molecular flexibility index (Phi) is 6.58. The van der Waals surface area contributed by atoms with Crippen LogP contribution in [0.2, 0.25) is 0 Å². The lowest BCUT2D eigenvalue weighted by molar-refractivity contribution is -0.121. The molecule has 1 N–H and O–H groups in total. The molecule has 31 heavy (non-hydrogen) atoms. The number of amides is 1. The molecular weight excluding hydrogens is 426 g/mol. The molecule has 0 bridgehead atoms. The van der Waals surface area contributed by atoms with E-state index in [4.69, 9.17) is 0 Å². The van der Waals surface area contributed by atoms with E-state index in [9.17, 15) is 13.2 Å². The Bertz CT molecular complexity index is 1150. The van der Waals surface area contributed by atoms with Crippen molar-refractivity contribution in [2.75, 3.05) is 5.75 Å². The summed E-state index contributed by atoms with van der Waals surface area (Å²) in [5, 5.41) is 5.03. The van der Waals surface area contributed by atoms with Crippen molar-refractivity contribution in [2.45, 2.75) is 50.0 Å². The molecule has 1 atom stereocenters. The molecule has 0 aliphatic heterocycles. The second-order valence-corrected chi connectivity index (χ2v) is 11.1. The molecule has 1 heterocycles. The predicted octanol–water partition coefficient (Wildman–Crippen LogP) is 4.87. The molecule has 1 aliphatic rings. The maximum Gasteiger partial charge on any atom is 0.221 e. The van der Waals surface area contributed by atoms with Crippen LogP contribution in [0, 0.1) is 0 Å². The van der Waals surface area contributed by atoms with Crippen LogP contribution in [-0.4, -0.2) is 20.1 Å². The highest BCUT2D eigenvalue weighted by Gasteiger charge is 2.22. The molecule has 4 nitrogen and oxygen atoms in total. The van der Waals surface area contributed by atoms with E-state index in [1.807, 2.05) is 35.7 Å². The van der Waals surface area contributed by atoms with Gasteiger partial charge in [-0.15, -0.1) is 11.3 Å². The minimum Gasteiger partial charge on any atom is -0.344 e. The summed E-state index contributed by atoms with van der Waals surface area (Å²) in [6, 6.07) is 17.3. The summed E-state index contributed by atoms with van der Waals surface area (Å²) in [4.78, 5) is 14.1. The molecule has 0 saturated carbocycles. The molecule has 1 amide bonds. The van der Waals surface area contributed by atoms with E-state index in [0.717, 1.165) is 41.7 Å². The van der Waals surface area contributed by atoms with Gasteiger partial charge in [0.1, 0.15) is 0 Å². The number of benzene rings is 2. The van der Waals surface area contributed by atoms with Gasteiger partial charge in [0.2, 0.25) is 5.91 Å². The second-order valence-electron chi connectivity index (χ2n) is 7.96. The lowest BCUT2D eigenvalue weighted by Gasteiger charge is -2.18. The Labute approximate surface area is 188 Å². The Morgan fingerprint density at radius 1 is 1.06 bits per heavy atom. The third-order valence-corrected chi connectivity index (χ3v) is 8.53. The molecular formula is C25H27NO3S2. The molecule has 1 unspecified atom stereocenters. The molecule has 1 aromatic heterocycles. The summed E-state index contributed by atoms with van der Waals surface area (Å²) in [5.74, 6) is -0.452. The topological polar surface area (TPSA) is 63.2 Å². The molecule has 0 fully saturated rings. The Balaban J connectivity index is 1.45. The van der Waals surface area contributed by atoms with Gasteiger partial charge >= 0.3 is 0 Å². The second kappa shape index (κ2) is 9.37. The molecule has 3 aromatic rings. The highest BCUT2D eigenvalue weighted by molar-refractivity contribution is 7.91. The average molecular weight is 454 g/mol. The van der Waals surface area contributed by atoms with Crippen LogP contribution in [0.3, 0.4) is 0 Å². The molecule has 4 rings (SSSR count). The van der Waals surface area contributed by atoms with Gasteiger partial charge in [0, 0.05) is 11.3 Å². The van der Waals surface area contributed by atoms with Gasteiger partial charge in [0.25, 0.3) is 0 Å². The number of thiophene rings is 1. The fourth-order valence-corrected chi connectivity index (χ4v) is 6.13. The minimum atomic E-state index is -3.50. The third-order valence-electron chi connectivity index (χ3n) is 5.88. The van der Waals surface area contributed by atoms with Crippen LogP contribution in [0.15, 0.2) is 64.9 Å². The van der Waals surface area contributed by atoms with E-state index in [0.29, 0.717) is 4.90 Å². The molecule has 1 aliphatic carbocycles. The minimum absolute atomic E-state index is 0.0612. The zero-order valence-corrected chi connectivity index (χ0v) is 19.3. The fraction of sp³-hybridized carbons (Fsp3) is 0.320. The van der Waals surface area contributed by atoms with Crippen molar-refractivity contribution in [2.24, 2.45) is 0 Å². The highest BCUT2D eigenvalue weighted by Crippen LogP contribution is 2.27. The van der Waals surface area contributed by atoms with Crippen molar-refractivity contribution in [3.8, 4) is 0 Å². The number of sulfone groups is 1. The summed E-state index contributed by atoms with van der Waals surface area (Å²) >= 11 is 1.58. The van der Waals surface area contributed by atoms with Crippen molar-refractivity contribution < 1.29 is 13.2 Å². The third kappa shape index (κ3) is 5.08. The first-order valence-electron chi connectivity index (χ1n) is 10.7. The van der Waals surface area contributed by atoms with E-state index in [1.54, 1.807) is 23.5 Å². The van der Waals surface area contributed by atoms with Gasteiger partial charge in [-0.05, 0) is 71.5 Å². The zero-order valence-electron chi connectivity index (χ0n) is 17.6. The van der Waals surface area contributed by atoms with Crippen molar-refractivity contribution in [1.82, 2.24) is 5.32 Å². The van der Waals surface area contributed by atoms with Crippen LogP contribution in [0.1, 0.15) is 52.9 Å². The molecule has 162 valence electrons. The van der Waals surface area contributed by atoms with Gasteiger partial charge in [0.15, 0.2) is 9.84 Å². The normalized spacial score (nSPS) is 14.2. The van der Waals surface area contributed by atoms with E-state index in [-0.39, 0.29) is 24.1 Å². The standard InChI is InChI=1S/C25H27NO3S2/c1-2-18-8-10-20(11-9-18)25(23-7-4-15-30-23)26-24(27)14-16-31(28,29)22-13-12-19-5-3-6-21(19)17-22/h4,7-13,15,17,25H,2-3,5-6,14,16H2,1H3,(H,26,27). The van der Waals surface area contributed by atoms with Crippen molar-refractivity contribution >= 4 is 27.1 Å². The van der Waals surface area contributed by atoms with Crippen LogP contribution in [0.4, 0.5) is 0 Å². The van der Waals surface area contributed by atoms with Crippen LogP contribution in [-0.2, 0) is 33.9 Å². The first-order chi connectivity index (χ1) is 15.0. The number of hydrogen-bond acceptors (Lipinski definition) is 4. The first-order valence-corrected chi connectivity index (χ1v) is 13.3. The van der Waals surface area contributed by atoms with Gasteiger partial charge in [-0.3, -0.25) is 4.79 Å². The molecule has 6 heteroatoms. The lowest BCUT2D eigenvalue weighted by atomic mass is 10.0. The molecule has 0 saturated heterocycles. The number of nitrogens with one attached hydrogen (secondary N) is 1. The van der Waals surface area contributed by atoms with Gasteiger partial charge in [0.05, 0.1) is 16.7 Å². The summed E-state index contributed by atoms with van der Waals surface area (Å²) in [5.41, 5.74) is 4.60. The van der Waals surface area contributed by atoms with E-state index in [2.05, 4.69) is 24.4 Å². The summed E-state index contributed by atoms with van der Waals surface area (Å²) < 4.78 is 25.6. The number of carbonyl (C=O) groups excluding carboxylic acids is 1. The lowest BCUT2D eigenvalue weighted by Crippen LogP contribution is -2.30. The monoisotopic (exact) mass is 453 g/mol. The van der Waals surface area contributed by atoms with Gasteiger partial charge in [-0.1, -0.05) is 43.3 Å². The van der Waals surface area contributed by atoms with Gasteiger partial charge < -0.3 is 5.32 Å². The van der Waals surface area contributed by atoms with Crippen LogP contribution in [0.5, 0.6) is 0 Å². The maximum atomic E-state index is 12.8. The summed E-state index contributed by atoms with van der Waals surface area (Å²) in [7, 11) is -3.50. The van der Waals surface area contributed by atoms with Crippen molar-refractivity contribution in [3.63, 3.8) is 0 Å². The molecule has 2 aromatic carbocycles. The maximum absolute atomic E-state index is 12.8. The number of carbonyl (C=O) groups is 1. The van der Waals surface area contributed by atoms with Crippen LogP contribution >= 0.6 is 11.3 Å². The summed E-state index contributed by atoms with van der Waals surface area (Å²) in [6.45, 7) is 2.11. The average Bonchev–Trinajstić information content (AvgIpc) is 3.48. The quantitative estimate of drug-likeness (QED) is 0.529. The predicted molar refractivity (Wildman–Crippen MR) is 125 cm³/mol. The molecule has 0 spiro atoms. The zero-order chi connectivity index (χ0) is 21.8. The number of rotatable bonds is 8. The first kappa shape index (κ1) is 21.8. The number of fused-ring (bicyclic) bond motifs is 1. The van der Waals surface area contributed by atoms with Gasteiger partial charge in [-0.25, -0.2) is 8.42 Å². The van der Waals surface area contributed by atoms with Crippen LogP contribution in [0.25, 0.3) is 0 Å². The number of hydrogen-bond donors (Lipinski definition) is 1. The number of aryl methyl sites for hydroxylation is 3.